The number of nitrogens with zero attached hydrogens (tertiary/aromatic N) is 4. The van der Waals surface area contributed by atoms with E-state index in [1.54, 1.807) is 20.2 Å². The molecule has 4 rings (SSSR count). The minimum Gasteiger partial charge on any atom is -0.349 e. The molecule has 3 heterocycles. The van der Waals surface area contributed by atoms with Crippen molar-refractivity contribution in [3.05, 3.63) is 38.9 Å². The third-order valence-electron chi connectivity index (χ3n) is 6.95. The summed E-state index contributed by atoms with van der Waals surface area (Å²) >= 11 is 7.20. The smallest absolute Gasteiger partial charge is 0.314 e. The molecule has 38 heavy (non-hydrogen) atoms. The van der Waals surface area contributed by atoms with Gasteiger partial charge in [0.2, 0.25) is 5.91 Å². The summed E-state index contributed by atoms with van der Waals surface area (Å²) in [4.78, 5) is 62.4. The average molecular weight is 563 g/mol. The number of hydrogen-bond donors (Lipinski definition) is 3. The Bertz CT molecular complexity index is 1230. The van der Waals surface area contributed by atoms with E-state index >= 15 is 0 Å². The zero-order valence-corrected chi connectivity index (χ0v) is 23.5. The molecule has 0 unspecified atom stereocenters. The summed E-state index contributed by atoms with van der Waals surface area (Å²) < 4.78 is 0.842. The maximum absolute atomic E-state index is 13.3. The predicted octanol–water partition coefficient (Wildman–Crippen LogP) is 1.43. The fourth-order valence-electron chi connectivity index (χ4n) is 4.85. The Kier molecular flexibility index (Phi) is 8.34. The van der Waals surface area contributed by atoms with Crippen LogP contribution in [0.3, 0.4) is 0 Å². The van der Waals surface area contributed by atoms with Crippen LogP contribution in [0.5, 0.6) is 0 Å². The van der Waals surface area contributed by atoms with Crippen molar-refractivity contribution < 1.29 is 23.7 Å². The van der Waals surface area contributed by atoms with Gasteiger partial charge in [-0.15, -0.1) is 11.3 Å². The molecule has 11 nitrogen and oxygen atoms in total. The van der Waals surface area contributed by atoms with E-state index in [2.05, 4.69) is 40.0 Å². The number of aromatic nitrogens is 2. The van der Waals surface area contributed by atoms with Crippen LogP contribution in [0.1, 0.15) is 39.6 Å². The second kappa shape index (κ2) is 11.3. The molecule has 0 aromatic carbocycles. The molecule has 4 amide bonds. The summed E-state index contributed by atoms with van der Waals surface area (Å²) in [5.41, 5.74) is 0.958. The molecule has 0 saturated heterocycles. The van der Waals surface area contributed by atoms with E-state index in [0.717, 1.165) is 34.6 Å². The molecular formula is C25H33ClN7O4S+. The number of halogens is 1. The van der Waals surface area contributed by atoms with E-state index < -0.39 is 23.9 Å². The number of carbonyl (C=O) groups excluding carboxylic acids is 4. The van der Waals surface area contributed by atoms with Crippen molar-refractivity contribution in [3.63, 3.8) is 0 Å². The van der Waals surface area contributed by atoms with Crippen molar-refractivity contribution in [1.82, 2.24) is 25.5 Å². The number of pyridine rings is 1. The minimum atomic E-state index is -0.885. The zero-order chi connectivity index (χ0) is 27.6. The van der Waals surface area contributed by atoms with Crippen molar-refractivity contribution in [3.8, 4) is 0 Å². The molecule has 2 aromatic heterocycles. The standard InChI is InChI=1S/C25H32ClN7O4S/c1-32(2)25(37)14-5-7-16(28-21(34)22(35)31-20-8-6-15(26)12-27-20)18(11-14)29-23(36)24-30-17-9-10-33(3,4)13-19(17)38-24/h6,8,12,14,16,18H,5,7,9-11,13H2,1-4H3,(H2-,27,28,29,31,34,35,36)/p+1/t14-,16-,18+/m0/s1. The molecule has 1 fully saturated rings. The SMILES string of the molecule is CN(C)C(=O)[C@H]1CC[C@H](NC(=O)C(=O)Nc2ccc(Cl)cn2)[C@H](NC(=O)c2nc3c(s2)C[N+](C)(C)CC3)C1. The van der Waals surface area contributed by atoms with Gasteiger partial charge in [-0.2, -0.15) is 0 Å². The van der Waals surface area contributed by atoms with Crippen LogP contribution in [0.15, 0.2) is 18.3 Å². The zero-order valence-electron chi connectivity index (χ0n) is 21.9. The number of rotatable bonds is 5. The van der Waals surface area contributed by atoms with Gasteiger partial charge < -0.3 is 25.3 Å². The van der Waals surface area contributed by atoms with Crippen molar-refractivity contribution in [2.75, 3.05) is 40.1 Å². The van der Waals surface area contributed by atoms with Gasteiger partial charge in [0, 0.05) is 38.7 Å². The molecule has 3 N–H and O–H groups in total. The first-order valence-electron chi connectivity index (χ1n) is 12.5. The molecule has 0 bridgehead atoms. The van der Waals surface area contributed by atoms with E-state index in [-0.39, 0.29) is 23.6 Å². The normalized spacial score (nSPS) is 22.1. The van der Waals surface area contributed by atoms with E-state index in [4.69, 9.17) is 11.6 Å². The van der Waals surface area contributed by atoms with Crippen LogP contribution in [0.2, 0.25) is 5.02 Å². The number of anilines is 1. The third-order valence-corrected chi connectivity index (χ3v) is 8.25. The largest absolute Gasteiger partial charge is 0.349 e. The lowest BCUT2D eigenvalue weighted by atomic mass is 9.81. The Labute approximate surface area is 230 Å². The summed E-state index contributed by atoms with van der Waals surface area (Å²) in [6.45, 7) is 1.77. The maximum atomic E-state index is 13.3. The summed E-state index contributed by atoms with van der Waals surface area (Å²) in [6.07, 6.45) is 3.45. The number of likely N-dealkylation sites (N-methyl/N-ethyl adjacent to an activating group) is 1. The van der Waals surface area contributed by atoms with Gasteiger partial charge in [-0.3, -0.25) is 19.2 Å². The Morgan fingerprint density at radius 3 is 2.53 bits per heavy atom. The van der Waals surface area contributed by atoms with Crippen LogP contribution in [0.4, 0.5) is 5.82 Å². The molecule has 0 spiro atoms. The van der Waals surface area contributed by atoms with E-state index in [1.165, 1.54) is 28.5 Å². The molecule has 0 radical (unpaired) electrons. The van der Waals surface area contributed by atoms with Gasteiger partial charge in [-0.05, 0) is 31.4 Å². The first-order valence-corrected chi connectivity index (χ1v) is 13.7. The summed E-state index contributed by atoms with van der Waals surface area (Å²) in [5, 5.41) is 8.95. The number of amides is 4. The van der Waals surface area contributed by atoms with E-state index in [9.17, 15) is 19.2 Å². The highest BCUT2D eigenvalue weighted by Gasteiger charge is 2.38. The monoisotopic (exact) mass is 562 g/mol. The highest BCUT2D eigenvalue weighted by atomic mass is 35.5. The van der Waals surface area contributed by atoms with Gasteiger partial charge in [0.25, 0.3) is 5.91 Å². The average Bonchev–Trinajstić information content (AvgIpc) is 3.28. The lowest BCUT2D eigenvalue weighted by molar-refractivity contribution is -0.905. The van der Waals surface area contributed by atoms with Crippen molar-refractivity contribution >= 4 is 52.4 Å². The Morgan fingerprint density at radius 1 is 1.08 bits per heavy atom. The van der Waals surface area contributed by atoms with Gasteiger partial charge in [-0.1, -0.05) is 11.6 Å². The van der Waals surface area contributed by atoms with Gasteiger partial charge in [-0.25, -0.2) is 9.97 Å². The first-order chi connectivity index (χ1) is 17.9. The van der Waals surface area contributed by atoms with Crippen molar-refractivity contribution in [2.24, 2.45) is 5.92 Å². The second-order valence-corrected chi connectivity index (χ2v) is 12.2. The Balaban J connectivity index is 1.46. The minimum absolute atomic E-state index is 0.0368. The highest BCUT2D eigenvalue weighted by Crippen LogP contribution is 2.29. The molecule has 2 aliphatic rings. The highest BCUT2D eigenvalue weighted by molar-refractivity contribution is 7.13. The topological polar surface area (TPSA) is 133 Å². The van der Waals surface area contributed by atoms with Gasteiger partial charge in [0.05, 0.1) is 42.3 Å². The Hall–Kier alpha value is -3.09. The molecule has 1 aliphatic heterocycles. The fourth-order valence-corrected chi connectivity index (χ4v) is 6.19. The van der Waals surface area contributed by atoms with Crippen LogP contribution in [-0.2, 0) is 27.3 Å². The quantitative estimate of drug-likeness (QED) is 0.373. The van der Waals surface area contributed by atoms with Gasteiger partial charge in [0.1, 0.15) is 12.4 Å². The summed E-state index contributed by atoms with van der Waals surface area (Å²) in [7, 11) is 7.69. The number of thiazole rings is 1. The molecule has 2 aromatic rings. The number of quaternary nitrogens is 1. The van der Waals surface area contributed by atoms with Crippen LogP contribution in [0, 0.1) is 5.92 Å². The number of nitrogens with one attached hydrogen (secondary N) is 3. The molecule has 1 aliphatic carbocycles. The van der Waals surface area contributed by atoms with Crippen LogP contribution in [0.25, 0.3) is 0 Å². The number of carbonyl (C=O) groups is 4. The van der Waals surface area contributed by atoms with Crippen LogP contribution < -0.4 is 16.0 Å². The van der Waals surface area contributed by atoms with Gasteiger partial charge >= 0.3 is 11.8 Å². The van der Waals surface area contributed by atoms with Crippen LogP contribution >= 0.6 is 22.9 Å². The predicted molar refractivity (Wildman–Crippen MR) is 144 cm³/mol. The molecular weight excluding hydrogens is 530 g/mol. The number of fused-ring (bicyclic) bond motifs is 1. The van der Waals surface area contributed by atoms with Crippen molar-refractivity contribution in [1.29, 1.82) is 0 Å². The second-order valence-electron chi connectivity index (χ2n) is 10.7. The molecule has 3 atom stereocenters. The van der Waals surface area contributed by atoms with Crippen LogP contribution in [-0.4, -0.2) is 89.8 Å². The summed E-state index contributed by atoms with van der Waals surface area (Å²) in [6, 6.07) is 1.95. The molecule has 1 saturated carbocycles. The Morgan fingerprint density at radius 2 is 1.84 bits per heavy atom. The first kappa shape index (κ1) is 27.9. The van der Waals surface area contributed by atoms with Gasteiger partial charge in [0.15, 0.2) is 5.01 Å². The number of hydrogen-bond acceptors (Lipinski definition) is 7. The maximum Gasteiger partial charge on any atom is 0.314 e. The fraction of sp³-hybridized carbons (Fsp3) is 0.520. The lowest BCUT2D eigenvalue weighted by Gasteiger charge is -2.37. The molecule has 13 heteroatoms. The lowest BCUT2D eigenvalue weighted by Crippen LogP contribution is -2.57. The van der Waals surface area contributed by atoms with E-state index in [0.29, 0.717) is 29.3 Å². The third kappa shape index (κ3) is 6.66. The van der Waals surface area contributed by atoms with E-state index in [1.807, 2.05) is 0 Å². The molecule has 204 valence electrons. The summed E-state index contributed by atoms with van der Waals surface area (Å²) in [5.74, 6) is -2.23. The van der Waals surface area contributed by atoms with Crippen molar-refractivity contribution in [2.45, 2.75) is 44.3 Å².